The molecule has 4 saturated carbocycles. The molecular formula is C21H29N3O2. The molecule has 4 aliphatic carbocycles. The van der Waals surface area contributed by atoms with Crippen LogP contribution in [0.15, 0.2) is 18.3 Å². The van der Waals surface area contributed by atoms with Gasteiger partial charge in [0.15, 0.2) is 0 Å². The van der Waals surface area contributed by atoms with Crippen molar-refractivity contribution in [3.05, 3.63) is 18.3 Å². The number of anilines is 2. The van der Waals surface area contributed by atoms with Crippen LogP contribution < -0.4 is 10.6 Å². The van der Waals surface area contributed by atoms with E-state index >= 15 is 0 Å². The third kappa shape index (κ3) is 3.49. The van der Waals surface area contributed by atoms with E-state index in [1.54, 1.807) is 12.3 Å². The van der Waals surface area contributed by atoms with Crippen LogP contribution in [-0.4, -0.2) is 16.8 Å². The summed E-state index contributed by atoms with van der Waals surface area (Å²) in [5, 5.41) is 5.90. The number of unbranched alkanes of at least 4 members (excludes halogenated alkanes) is 1. The lowest BCUT2D eigenvalue weighted by Gasteiger charge is -2.55. The van der Waals surface area contributed by atoms with Gasteiger partial charge in [-0.15, -0.1) is 0 Å². The van der Waals surface area contributed by atoms with E-state index in [2.05, 4.69) is 22.5 Å². The standard InChI is InChI=1S/C21H29N3O2/c1-2-3-4-19(25)24-18-6-5-17(13-22-18)23-20(26)21-10-14-7-15(11-21)9-16(8-14)12-21/h5-6,13-16H,2-4,7-12H2,1H3,(H,23,26)(H,22,24,25). The fourth-order valence-electron chi connectivity index (χ4n) is 5.74. The van der Waals surface area contributed by atoms with Gasteiger partial charge in [-0.25, -0.2) is 4.98 Å². The molecule has 2 amide bonds. The lowest BCUT2D eigenvalue weighted by atomic mass is 9.49. The molecule has 0 aromatic carbocycles. The van der Waals surface area contributed by atoms with Crippen LogP contribution in [0, 0.1) is 23.2 Å². The van der Waals surface area contributed by atoms with E-state index in [1.807, 2.05) is 6.07 Å². The summed E-state index contributed by atoms with van der Waals surface area (Å²) in [6.45, 7) is 2.06. The van der Waals surface area contributed by atoms with E-state index in [0.29, 0.717) is 12.2 Å². The number of nitrogens with one attached hydrogen (secondary N) is 2. The first-order chi connectivity index (χ1) is 12.6. The van der Waals surface area contributed by atoms with E-state index in [1.165, 1.54) is 19.3 Å². The number of carbonyl (C=O) groups excluding carboxylic acids is 2. The number of carbonyl (C=O) groups is 2. The maximum absolute atomic E-state index is 13.0. The van der Waals surface area contributed by atoms with Crippen LogP contribution in [0.5, 0.6) is 0 Å². The average molecular weight is 355 g/mol. The largest absolute Gasteiger partial charge is 0.324 e. The first-order valence-electron chi connectivity index (χ1n) is 10.1. The number of rotatable bonds is 6. The Balaban J connectivity index is 1.37. The highest BCUT2D eigenvalue weighted by Crippen LogP contribution is 2.60. The molecule has 5 nitrogen and oxygen atoms in total. The average Bonchev–Trinajstić information content (AvgIpc) is 2.60. The summed E-state index contributed by atoms with van der Waals surface area (Å²) in [6.07, 6.45) is 11.2. The van der Waals surface area contributed by atoms with Gasteiger partial charge in [0.2, 0.25) is 11.8 Å². The molecule has 5 heteroatoms. The molecule has 1 heterocycles. The molecule has 140 valence electrons. The summed E-state index contributed by atoms with van der Waals surface area (Å²) in [7, 11) is 0. The van der Waals surface area contributed by atoms with E-state index in [0.717, 1.165) is 55.5 Å². The molecule has 0 aliphatic heterocycles. The van der Waals surface area contributed by atoms with Crippen molar-refractivity contribution in [3.63, 3.8) is 0 Å². The molecule has 4 bridgehead atoms. The van der Waals surface area contributed by atoms with Crippen molar-refractivity contribution in [2.75, 3.05) is 10.6 Å². The molecule has 4 fully saturated rings. The minimum absolute atomic E-state index is 0.00953. The summed E-state index contributed by atoms with van der Waals surface area (Å²) in [5.74, 6) is 2.98. The molecule has 26 heavy (non-hydrogen) atoms. The van der Waals surface area contributed by atoms with Gasteiger partial charge in [0.05, 0.1) is 17.3 Å². The van der Waals surface area contributed by atoms with Gasteiger partial charge in [-0.05, 0) is 74.8 Å². The van der Waals surface area contributed by atoms with E-state index in [9.17, 15) is 9.59 Å². The molecule has 1 aromatic rings. The molecule has 2 N–H and O–H groups in total. The molecule has 0 unspecified atom stereocenters. The quantitative estimate of drug-likeness (QED) is 0.796. The number of nitrogens with zero attached hydrogens (tertiary/aromatic N) is 1. The first kappa shape index (κ1) is 17.5. The van der Waals surface area contributed by atoms with Crippen LogP contribution in [0.25, 0.3) is 0 Å². The molecule has 0 atom stereocenters. The second-order valence-corrected chi connectivity index (χ2v) is 8.74. The van der Waals surface area contributed by atoms with E-state index in [-0.39, 0.29) is 17.2 Å². The molecule has 0 spiro atoms. The highest BCUT2D eigenvalue weighted by Gasteiger charge is 2.54. The van der Waals surface area contributed by atoms with Gasteiger partial charge in [-0.2, -0.15) is 0 Å². The zero-order valence-corrected chi connectivity index (χ0v) is 15.6. The molecule has 1 aromatic heterocycles. The van der Waals surface area contributed by atoms with Crippen LogP contribution >= 0.6 is 0 Å². The van der Waals surface area contributed by atoms with Crippen molar-refractivity contribution in [2.24, 2.45) is 23.2 Å². The normalized spacial score (nSPS) is 31.7. The number of hydrogen-bond acceptors (Lipinski definition) is 3. The van der Waals surface area contributed by atoms with Gasteiger partial charge in [0.25, 0.3) is 0 Å². The minimum atomic E-state index is -0.151. The third-order valence-corrected chi connectivity index (χ3v) is 6.57. The highest BCUT2D eigenvalue weighted by atomic mass is 16.2. The molecule has 0 saturated heterocycles. The number of hydrogen-bond donors (Lipinski definition) is 2. The smallest absolute Gasteiger partial charge is 0.230 e. The van der Waals surface area contributed by atoms with Crippen LogP contribution in [0.3, 0.4) is 0 Å². The minimum Gasteiger partial charge on any atom is -0.324 e. The maximum atomic E-state index is 13.0. The van der Waals surface area contributed by atoms with Crippen molar-refractivity contribution in [1.29, 1.82) is 0 Å². The zero-order chi connectivity index (χ0) is 18.1. The Labute approximate surface area is 155 Å². The Hall–Kier alpha value is -1.91. The van der Waals surface area contributed by atoms with Crippen molar-refractivity contribution in [3.8, 4) is 0 Å². The van der Waals surface area contributed by atoms with E-state index < -0.39 is 0 Å². The highest BCUT2D eigenvalue weighted by molar-refractivity contribution is 5.96. The Morgan fingerprint density at radius 1 is 1.08 bits per heavy atom. The van der Waals surface area contributed by atoms with Gasteiger partial charge >= 0.3 is 0 Å². The van der Waals surface area contributed by atoms with Crippen molar-refractivity contribution in [1.82, 2.24) is 4.98 Å². The van der Waals surface area contributed by atoms with Crippen LogP contribution in [0.1, 0.15) is 64.7 Å². The van der Waals surface area contributed by atoms with Gasteiger partial charge in [-0.1, -0.05) is 13.3 Å². The molecule has 0 radical (unpaired) electrons. The van der Waals surface area contributed by atoms with Gasteiger partial charge in [0, 0.05) is 6.42 Å². The van der Waals surface area contributed by atoms with Crippen LogP contribution in [0.2, 0.25) is 0 Å². The predicted octanol–water partition coefficient (Wildman–Crippen LogP) is 4.37. The summed E-state index contributed by atoms with van der Waals surface area (Å²) in [6, 6.07) is 3.60. The van der Waals surface area contributed by atoms with Gasteiger partial charge in [0.1, 0.15) is 5.82 Å². The first-order valence-corrected chi connectivity index (χ1v) is 10.1. The predicted molar refractivity (Wildman–Crippen MR) is 102 cm³/mol. The van der Waals surface area contributed by atoms with Crippen molar-refractivity contribution >= 4 is 23.3 Å². The Morgan fingerprint density at radius 3 is 2.27 bits per heavy atom. The zero-order valence-electron chi connectivity index (χ0n) is 15.6. The lowest BCUT2D eigenvalue weighted by molar-refractivity contribution is -0.140. The van der Waals surface area contributed by atoms with Crippen molar-refractivity contribution < 1.29 is 9.59 Å². The second kappa shape index (κ2) is 7.01. The number of aromatic nitrogens is 1. The third-order valence-electron chi connectivity index (χ3n) is 6.57. The second-order valence-electron chi connectivity index (χ2n) is 8.74. The topological polar surface area (TPSA) is 71.1 Å². The summed E-state index contributed by atoms with van der Waals surface area (Å²) in [5.41, 5.74) is 0.569. The SMILES string of the molecule is CCCCC(=O)Nc1ccc(NC(=O)C23CC4CC(CC(C4)C2)C3)cn1. The maximum Gasteiger partial charge on any atom is 0.230 e. The fraction of sp³-hybridized carbons (Fsp3) is 0.667. The number of amides is 2. The van der Waals surface area contributed by atoms with Crippen LogP contribution in [-0.2, 0) is 9.59 Å². The molecular weight excluding hydrogens is 326 g/mol. The van der Waals surface area contributed by atoms with Gasteiger partial charge in [-0.3, -0.25) is 9.59 Å². The molecule has 4 aliphatic rings. The number of pyridine rings is 1. The van der Waals surface area contributed by atoms with Crippen molar-refractivity contribution in [2.45, 2.75) is 64.7 Å². The lowest BCUT2D eigenvalue weighted by Crippen LogP contribution is -2.51. The molecule has 5 rings (SSSR count). The summed E-state index contributed by atoms with van der Waals surface area (Å²) >= 11 is 0. The fourth-order valence-corrected chi connectivity index (χ4v) is 5.74. The Bertz CT molecular complexity index is 648. The van der Waals surface area contributed by atoms with Gasteiger partial charge < -0.3 is 10.6 Å². The Morgan fingerprint density at radius 2 is 1.73 bits per heavy atom. The summed E-state index contributed by atoms with van der Waals surface area (Å²) < 4.78 is 0. The van der Waals surface area contributed by atoms with E-state index in [4.69, 9.17) is 0 Å². The Kier molecular flexibility index (Phi) is 4.72. The van der Waals surface area contributed by atoms with Crippen LogP contribution in [0.4, 0.5) is 11.5 Å². The summed E-state index contributed by atoms with van der Waals surface area (Å²) in [4.78, 5) is 29.1. The monoisotopic (exact) mass is 355 g/mol.